The second-order valence-corrected chi connectivity index (χ2v) is 4.39. The van der Waals surface area contributed by atoms with Crippen LogP contribution in [0.5, 0.6) is 0 Å². The Morgan fingerprint density at radius 1 is 1.27 bits per heavy atom. The third kappa shape index (κ3) is 5.69. The lowest BCUT2D eigenvalue weighted by Crippen LogP contribution is -2.10. The quantitative estimate of drug-likeness (QED) is 0.812. The second kappa shape index (κ2) is 7.74. The summed E-state index contributed by atoms with van der Waals surface area (Å²) in [5, 5.41) is 0.498. The summed E-state index contributed by atoms with van der Waals surface area (Å²) in [7, 11) is 1.24. The van der Waals surface area contributed by atoms with Gasteiger partial charge in [0.2, 0.25) is 0 Å². The highest BCUT2D eigenvalue weighted by Gasteiger charge is 2.25. The fraction of sp³-hybridized carbons (Fsp3) is 0.333. The van der Waals surface area contributed by atoms with E-state index < -0.39 is 12.6 Å². The minimum absolute atomic E-state index is 0.105. The first-order valence-corrected chi connectivity index (χ1v) is 6.34. The smallest absolute Gasteiger partial charge is 0.391 e. The Morgan fingerprint density at radius 2 is 1.91 bits per heavy atom. The summed E-state index contributed by atoms with van der Waals surface area (Å²) in [6.07, 6.45) is -4.93. The van der Waals surface area contributed by atoms with E-state index in [-0.39, 0.29) is 23.6 Å². The molecule has 0 saturated heterocycles. The van der Waals surface area contributed by atoms with Crippen LogP contribution in [0.25, 0.3) is 11.0 Å². The van der Waals surface area contributed by atoms with E-state index in [9.17, 15) is 22.8 Å². The van der Waals surface area contributed by atoms with Crippen molar-refractivity contribution in [1.29, 1.82) is 0 Å². The van der Waals surface area contributed by atoms with Crippen LogP contribution < -0.4 is 5.43 Å². The molecule has 0 aliphatic carbocycles. The van der Waals surface area contributed by atoms with Crippen molar-refractivity contribution >= 4 is 16.8 Å². The Hall–Kier alpha value is -2.15. The monoisotopic (exact) mass is 316 g/mol. The number of hydrogen-bond donors (Lipinski definition) is 0. The molecule has 1 aromatic carbocycles. The van der Waals surface area contributed by atoms with Crippen molar-refractivity contribution in [2.45, 2.75) is 19.5 Å². The van der Waals surface area contributed by atoms with E-state index in [1.165, 1.54) is 20.1 Å². The Bertz CT molecular complexity index is 689. The number of benzene rings is 1. The summed E-state index contributed by atoms with van der Waals surface area (Å²) in [6.45, 7) is 1.12. The normalized spacial score (nSPS) is 11.0. The van der Waals surface area contributed by atoms with Gasteiger partial charge in [-0.1, -0.05) is 12.1 Å². The molecule has 0 saturated carbocycles. The van der Waals surface area contributed by atoms with Gasteiger partial charge in [-0.2, -0.15) is 13.2 Å². The van der Waals surface area contributed by atoms with Gasteiger partial charge in [0, 0.05) is 20.1 Å². The zero-order valence-corrected chi connectivity index (χ0v) is 12.1. The lowest BCUT2D eigenvalue weighted by atomic mass is 10.2. The zero-order valence-electron chi connectivity index (χ0n) is 12.1. The van der Waals surface area contributed by atoms with Gasteiger partial charge < -0.3 is 9.15 Å². The SMILES string of the molecule is CC(=O)c1cc(=O)c2ccccc2o1.COCCC(F)(F)F. The first-order chi connectivity index (χ1) is 10.2. The van der Waals surface area contributed by atoms with Crippen LogP contribution in [0.1, 0.15) is 23.9 Å². The highest BCUT2D eigenvalue weighted by Crippen LogP contribution is 2.18. The van der Waals surface area contributed by atoms with Crippen molar-refractivity contribution in [3.8, 4) is 0 Å². The summed E-state index contributed by atoms with van der Waals surface area (Å²) >= 11 is 0. The Labute approximate surface area is 124 Å². The number of para-hydroxylation sites is 1. The minimum Gasteiger partial charge on any atom is -0.453 e. The maximum Gasteiger partial charge on any atom is 0.391 e. The summed E-state index contributed by atoms with van der Waals surface area (Å²) in [4.78, 5) is 22.5. The maximum absolute atomic E-state index is 11.5. The number of Topliss-reactive ketones (excluding diaryl/α,β-unsaturated/α-hetero) is 1. The predicted octanol–water partition coefficient (Wildman–Crippen LogP) is 3.58. The van der Waals surface area contributed by atoms with E-state index in [2.05, 4.69) is 4.74 Å². The minimum atomic E-state index is -4.07. The third-order valence-electron chi connectivity index (χ3n) is 2.57. The standard InChI is InChI=1S/C11H8O3.C4H7F3O/c1-7(12)11-6-9(13)8-4-2-3-5-10(8)14-11;1-8-3-2-4(5,6)7/h2-6H,1H3;2-3H2,1H3. The van der Waals surface area contributed by atoms with Crippen molar-refractivity contribution in [3.05, 3.63) is 46.3 Å². The average Bonchev–Trinajstić information content (AvgIpc) is 2.45. The molecular formula is C15H15F3O4. The Morgan fingerprint density at radius 3 is 2.41 bits per heavy atom. The molecule has 0 radical (unpaired) electrons. The van der Waals surface area contributed by atoms with Gasteiger partial charge in [-0.25, -0.2) is 0 Å². The van der Waals surface area contributed by atoms with Crippen LogP contribution >= 0.6 is 0 Å². The Balaban J connectivity index is 0.000000261. The topological polar surface area (TPSA) is 56.5 Å². The van der Waals surface area contributed by atoms with Crippen LogP contribution in [0.15, 0.2) is 39.5 Å². The number of fused-ring (bicyclic) bond motifs is 1. The number of hydrogen-bond acceptors (Lipinski definition) is 4. The third-order valence-corrected chi connectivity index (χ3v) is 2.57. The van der Waals surface area contributed by atoms with Crippen LogP contribution in [0.2, 0.25) is 0 Å². The van der Waals surface area contributed by atoms with Gasteiger partial charge in [-0.05, 0) is 12.1 Å². The lowest BCUT2D eigenvalue weighted by Gasteiger charge is -2.02. The first-order valence-electron chi connectivity index (χ1n) is 6.34. The molecule has 0 spiro atoms. The zero-order chi connectivity index (χ0) is 16.8. The van der Waals surface area contributed by atoms with Crippen LogP contribution in [-0.2, 0) is 4.74 Å². The molecule has 120 valence electrons. The van der Waals surface area contributed by atoms with Crippen molar-refractivity contribution in [2.24, 2.45) is 0 Å². The molecule has 1 heterocycles. The van der Waals surface area contributed by atoms with Crippen molar-refractivity contribution in [1.82, 2.24) is 0 Å². The van der Waals surface area contributed by atoms with Gasteiger partial charge in [0.1, 0.15) is 5.58 Å². The molecule has 0 amide bonds. The van der Waals surface area contributed by atoms with Gasteiger partial charge in [0.25, 0.3) is 0 Å². The summed E-state index contributed by atoms with van der Waals surface area (Å²) in [5.74, 6) is -0.137. The average molecular weight is 316 g/mol. The number of ether oxygens (including phenoxy) is 1. The first kappa shape index (κ1) is 17.9. The molecule has 0 aliphatic heterocycles. The molecule has 22 heavy (non-hydrogen) atoms. The van der Waals surface area contributed by atoms with Gasteiger partial charge in [-0.3, -0.25) is 9.59 Å². The fourth-order valence-corrected chi connectivity index (χ4v) is 1.50. The molecule has 2 aromatic rings. The largest absolute Gasteiger partial charge is 0.453 e. The highest BCUT2D eigenvalue weighted by molar-refractivity contribution is 5.92. The molecule has 1 aromatic heterocycles. The highest BCUT2D eigenvalue weighted by atomic mass is 19.4. The molecule has 0 atom stereocenters. The van der Waals surface area contributed by atoms with Crippen molar-refractivity contribution in [3.63, 3.8) is 0 Å². The molecule has 0 unspecified atom stereocenters. The molecule has 0 bridgehead atoms. The van der Waals surface area contributed by atoms with E-state index >= 15 is 0 Å². The lowest BCUT2D eigenvalue weighted by molar-refractivity contribution is -0.143. The maximum atomic E-state index is 11.5. The molecule has 0 N–H and O–H groups in total. The van der Waals surface area contributed by atoms with E-state index in [1.807, 2.05) is 0 Å². The molecule has 2 rings (SSSR count). The van der Waals surface area contributed by atoms with Crippen LogP contribution in [0.4, 0.5) is 13.2 Å². The van der Waals surface area contributed by atoms with Crippen LogP contribution in [0, 0.1) is 0 Å². The molecule has 0 fully saturated rings. The molecular weight excluding hydrogens is 301 g/mol. The van der Waals surface area contributed by atoms with E-state index in [0.29, 0.717) is 11.0 Å². The van der Waals surface area contributed by atoms with Crippen molar-refractivity contribution in [2.75, 3.05) is 13.7 Å². The van der Waals surface area contributed by atoms with Crippen LogP contribution in [-0.4, -0.2) is 25.7 Å². The van der Waals surface area contributed by atoms with Gasteiger partial charge in [-0.15, -0.1) is 0 Å². The molecule has 0 aliphatic rings. The fourth-order valence-electron chi connectivity index (χ4n) is 1.50. The van der Waals surface area contributed by atoms with E-state index in [1.54, 1.807) is 24.3 Å². The number of alkyl halides is 3. The second-order valence-electron chi connectivity index (χ2n) is 4.39. The number of ketones is 1. The Kier molecular flexibility index (Phi) is 6.30. The van der Waals surface area contributed by atoms with Gasteiger partial charge in [0.05, 0.1) is 18.4 Å². The predicted molar refractivity (Wildman–Crippen MR) is 75.0 cm³/mol. The molecule has 4 nitrogen and oxygen atoms in total. The van der Waals surface area contributed by atoms with Gasteiger partial charge in [0.15, 0.2) is 17.0 Å². The van der Waals surface area contributed by atoms with Gasteiger partial charge >= 0.3 is 6.18 Å². The van der Waals surface area contributed by atoms with Crippen molar-refractivity contribution < 1.29 is 27.1 Å². The summed E-state index contributed by atoms with van der Waals surface area (Å²) in [6, 6.07) is 8.08. The number of rotatable bonds is 3. The van der Waals surface area contributed by atoms with E-state index in [0.717, 1.165) is 0 Å². The number of halogens is 3. The van der Waals surface area contributed by atoms with E-state index in [4.69, 9.17) is 4.42 Å². The van der Waals surface area contributed by atoms with Crippen LogP contribution in [0.3, 0.4) is 0 Å². The number of methoxy groups -OCH3 is 1. The molecule has 7 heteroatoms. The number of carbonyl (C=O) groups excluding carboxylic acids is 1. The summed E-state index contributed by atoms with van der Waals surface area (Å²) < 4.78 is 42.9. The summed E-state index contributed by atoms with van der Waals surface area (Å²) in [5.41, 5.74) is 0.266. The number of carbonyl (C=O) groups is 1.